The van der Waals surface area contributed by atoms with Crippen molar-refractivity contribution in [2.75, 3.05) is 13.1 Å². The van der Waals surface area contributed by atoms with E-state index in [1.807, 2.05) is 4.90 Å². The average molecular weight is 252 g/mol. The maximum Gasteiger partial charge on any atom is 0.223 e. The van der Waals surface area contributed by atoms with Gasteiger partial charge in [0.25, 0.3) is 0 Å². The second-order valence-electron chi connectivity index (χ2n) is 6.20. The zero-order chi connectivity index (χ0) is 13.0. The summed E-state index contributed by atoms with van der Waals surface area (Å²) in [6.07, 6.45) is 9.73. The smallest absolute Gasteiger partial charge is 0.223 e. The summed E-state index contributed by atoms with van der Waals surface area (Å²) in [5, 5.41) is 0. The van der Waals surface area contributed by atoms with Crippen LogP contribution in [0.4, 0.5) is 0 Å². The second-order valence-corrected chi connectivity index (χ2v) is 6.20. The number of hydrogen-bond donors (Lipinski definition) is 1. The van der Waals surface area contributed by atoms with Gasteiger partial charge in [0.15, 0.2) is 0 Å². The van der Waals surface area contributed by atoms with Crippen molar-refractivity contribution >= 4 is 5.91 Å². The molecule has 0 spiro atoms. The molecule has 3 nitrogen and oxygen atoms in total. The lowest BCUT2D eigenvalue weighted by Gasteiger charge is -2.30. The fourth-order valence-electron chi connectivity index (χ4n) is 3.67. The van der Waals surface area contributed by atoms with Gasteiger partial charge in [0.1, 0.15) is 0 Å². The van der Waals surface area contributed by atoms with Crippen LogP contribution < -0.4 is 5.73 Å². The van der Waals surface area contributed by atoms with Crippen LogP contribution in [0.15, 0.2) is 0 Å². The SMILES string of the molecule is CC(CC(=O)N1CCCC1CN)C1CCCCC1. The molecule has 1 heterocycles. The normalized spacial score (nSPS) is 27.4. The van der Waals surface area contributed by atoms with Crippen LogP contribution in [0.1, 0.15) is 58.3 Å². The largest absolute Gasteiger partial charge is 0.338 e. The number of carbonyl (C=O) groups excluding carboxylic acids is 1. The van der Waals surface area contributed by atoms with Gasteiger partial charge in [0.2, 0.25) is 5.91 Å². The molecule has 1 amide bonds. The molecular formula is C15H28N2O. The molecule has 2 N–H and O–H groups in total. The third-order valence-electron chi connectivity index (χ3n) is 4.92. The minimum atomic E-state index is 0.316. The highest BCUT2D eigenvalue weighted by molar-refractivity contribution is 5.77. The third kappa shape index (κ3) is 3.25. The van der Waals surface area contributed by atoms with E-state index in [4.69, 9.17) is 5.73 Å². The zero-order valence-electron chi connectivity index (χ0n) is 11.7. The Labute approximate surface area is 111 Å². The van der Waals surface area contributed by atoms with Crippen LogP contribution in [0.5, 0.6) is 0 Å². The molecule has 2 fully saturated rings. The Bertz CT molecular complexity index is 274. The summed E-state index contributed by atoms with van der Waals surface area (Å²) in [5.74, 6) is 1.68. The summed E-state index contributed by atoms with van der Waals surface area (Å²) in [6.45, 7) is 3.82. The van der Waals surface area contributed by atoms with Crippen molar-refractivity contribution in [3.05, 3.63) is 0 Å². The van der Waals surface area contributed by atoms with Crippen molar-refractivity contribution < 1.29 is 4.79 Å². The first-order valence-corrected chi connectivity index (χ1v) is 7.72. The first-order chi connectivity index (χ1) is 8.72. The maximum absolute atomic E-state index is 12.3. The Hall–Kier alpha value is -0.570. The zero-order valence-corrected chi connectivity index (χ0v) is 11.7. The molecule has 2 atom stereocenters. The number of nitrogens with two attached hydrogens (primary N) is 1. The van der Waals surface area contributed by atoms with Gasteiger partial charge < -0.3 is 10.6 Å². The highest BCUT2D eigenvalue weighted by Gasteiger charge is 2.30. The number of rotatable bonds is 4. The van der Waals surface area contributed by atoms with Gasteiger partial charge >= 0.3 is 0 Å². The Balaban J connectivity index is 1.82. The van der Waals surface area contributed by atoms with E-state index in [1.54, 1.807) is 0 Å². The number of likely N-dealkylation sites (tertiary alicyclic amines) is 1. The van der Waals surface area contributed by atoms with E-state index >= 15 is 0 Å². The van der Waals surface area contributed by atoms with E-state index in [0.29, 0.717) is 24.4 Å². The van der Waals surface area contributed by atoms with Crippen LogP contribution in [0.2, 0.25) is 0 Å². The maximum atomic E-state index is 12.3. The van der Waals surface area contributed by atoms with Crippen molar-refractivity contribution in [3.8, 4) is 0 Å². The number of nitrogens with zero attached hydrogens (tertiary/aromatic N) is 1. The van der Waals surface area contributed by atoms with Gasteiger partial charge in [-0.3, -0.25) is 4.79 Å². The van der Waals surface area contributed by atoms with E-state index in [2.05, 4.69) is 6.92 Å². The molecule has 0 aromatic rings. The van der Waals surface area contributed by atoms with E-state index < -0.39 is 0 Å². The molecule has 1 aliphatic heterocycles. The molecule has 104 valence electrons. The van der Waals surface area contributed by atoms with E-state index in [0.717, 1.165) is 31.7 Å². The molecule has 2 rings (SSSR count). The first kappa shape index (κ1) is 13.9. The van der Waals surface area contributed by atoms with E-state index in [1.165, 1.54) is 32.1 Å². The topological polar surface area (TPSA) is 46.3 Å². The van der Waals surface area contributed by atoms with Crippen LogP contribution in [-0.4, -0.2) is 29.9 Å². The van der Waals surface area contributed by atoms with Crippen LogP contribution in [-0.2, 0) is 4.79 Å². The average Bonchev–Trinajstić information content (AvgIpc) is 2.88. The first-order valence-electron chi connectivity index (χ1n) is 7.72. The fourth-order valence-corrected chi connectivity index (χ4v) is 3.67. The molecule has 1 aliphatic carbocycles. The molecule has 0 aromatic heterocycles. The van der Waals surface area contributed by atoms with Crippen LogP contribution in [0.25, 0.3) is 0 Å². The van der Waals surface area contributed by atoms with Crippen LogP contribution in [0, 0.1) is 11.8 Å². The Morgan fingerprint density at radius 2 is 1.94 bits per heavy atom. The van der Waals surface area contributed by atoms with Gasteiger partial charge in [-0.1, -0.05) is 39.0 Å². The molecular weight excluding hydrogens is 224 g/mol. The van der Waals surface area contributed by atoms with E-state index in [9.17, 15) is 4.79 Å². The van der Waals surface area contributed by atoms with Gasteiger partial charge in [-0.25, -0.2) is 0 Å². The molecule has 2 unspecified atom stereocenters. The van der Waals surface area contributed by atoms with Crippen molar-refractivity contribution in [1.29, 1.82) is 0 Å². The highest BCUT2D eigenvalue weighted by atomic mass is 16.2. The molecule has 2 aliphatic rings. The van der Waals surface area contributed by atoms with Crippen molar-refractivity contribution in [3.63, 3.8) is 0 Å². The Morgan fingerprint density at radius 1 is 1.22 bits per heavy atom. The number of hydrogen-bond acceptors (Lipinski definition) is 2. The number of amides is 1. The molecule has 0 radical (unpaired) electrons. The minimum absolute atomic E-state index is 0.316. The number of carbonyl (C=O) groups is 1. The quantitative estimate of drug-likeness (QED) is 0.835. The standard InChI is InChI=1S/C15H28N2O/c1-12(13-6-3-2-4-7-13)10-15(18)17-9-5-8-14(17)11-16/h12-14H,2-11,16H2,1H3. The third-order valence-corrected chi connectivity index (χ3v) is 4.92. The Kier molecular flexibility index (Phi) is 5.04. The van der Waals surface area contributed by atoms with Crippen molar-refractivity contribution in [2.24, 2.45) is 17.6 Å². The monoisotopic (exact) mass is 252 g/mol. The lowest BCUT2D eigenvalue weighted by molar-refractivity contribution is -0.133. The van der Waals surface area contributed by atoms with E-state index in [-0.39, 0.29) is 0 Å². The lowest BCUT2D eigenvalue weighted by atomic mass is 9.79. The van der Waals surface area contributed by atoms with Crippen LogP contribution >= 0.6 is 0 Å². The van der Waals surface area contributed by atoms with Crippen LogP contribution in [0.3, 0.4) is 0 Å². The summed E-state index contributed by atoms with van der Waals surface area (Å²) in [4.78, 5) is 14.4. The van der Waals surface area contributed by atoms with Gasteiger partial charge in [-0.2, -0.15) is 0 Å². The Morgan fingerprint density at radius 3 is 2.61 bits per heavy atom. The van der Waals surface area contributed by atoms with Gasteiger partial charge in [-0.05, 0) is 24.7 Å². The molecule has 0 aromatic carbocycles. The summed E-state index contributed by atoms with van der Waals surface area (Å²) in [5.41, 5.74) is 5.74. The summed E-state index contributed by atoms with van der Waals surface area (Å²) >= 11 is 0. The molecule has 1 saturated carbocycles. The molecule has 0 bridgehead atoms. The molecule has 1 saturated heterocycles. The predicted molar refractivity (Wildman–Crippen MR) is 74.1 cm³/mol. The highest BCUT2D eigenvalue weighted by Crippen LogP contribution is 2.32. The summed E-state index contributed by atoms with van der Waals surface area (Å²) < 4.78 is 0. The fraction of sp³-hybridized carbons (Fsp3) is 0.933. The van der Waals surface area contributed by atoms with Crippen molar-refractivity contribution in [2.45, 2.75) is 64.3 Å². The van der Waals surface area contributed by atoms with Gasteiger partial charge in [0, 0.05) is 25.6 Å². The molecule has 18 heavy (non-hydrogen) atoms. The summed E-state index contributed by atoms with van der Waals surface area (Å²) in [7, 11) is 0. The second kappa shape index (κ2) is 6.55. The molecule has 3 heteroatoms. The predicted octanol–water partition coefficient (Wildman–Crippen LogP) is 2.54. The van der Waals surface area contributed by atoms with Gasteiger partial charge in [-0.15, -0.1) is 0 Å². The summed E-state index contributed by atoms with van der Waals surface area (Å²) in [6, 6.07) is 0.316. The minimum Gasteiger partial charge on any atom is -0.338 e. The van der Waals surface area contributed by atoms with Crippen molar-refractivity contribution in [1.82, 2.24) is 4.90 Å². The van der Waals surface area contributed by atoms with Gasteiger partial charge in [0.05, 0.1) is 0 Å². The lowest BCUT2D eigenvalue weighted by Crippen LogP contribution is -2.40.